The third-order valence-corrected chi connectivity index (χ3v) is 2.13. The standard InChI is InChI=1S/C11H11N3/c1-3-8-9-4-5-13-7-11(9)14-10(8)6-12-2/h3-7,14H,1H2,2H3. The Morgan fingerprint density at radius 3 is 3.14 bits per heavy atom. The van der Waals surface area contributed by atoms with Crippen LogP contribution in [0.15, 0.2) is 30.0 Å². The summed E-state index contributed by atoms with van der Waals surface area (Å²) in [6.07, 6.45) is 7.19. The van der Waals surface area contributed by atoms with Crippen LogP contribution in [0.5, 0.6) is 0 Å². The fourth-order valence-electron chi connectivity index (χ4n) is 1.54. The van der Waals surface area contributed by atoms with Gasteiger partial charge in [-0.3, -0.25) is 9.98 Å². The van der Waals surface area contributed by atoms with Gasteiger partial charge in [0.05, 0.1) is 17.4 Å². The first-order valence-electron chi connectivity index (χ1n) is 4.37. The summed E-state index contributed by atoms with van der Waals surface area (Å²) in [4.78, 5) is 11.3. The SMILES string of the molecule is C=Cc1c(C=NC)[nH]c2cnccc12. The molecule has 2 heterocycles. The maximum Gasteiger partial charge on any atom is 0.0651 e. The van der Waals surface area contributed by atoms with Crippen LogP contribution < -0.4 is 0 Å². The molecule has 0 bridgehead atoms. The zero-order valence-electron chi connectivity index (χ0n) is 7.99. The van der Waals surface area contributed by atoms with E-state index >= 15 is 0 Å². The number of nitrogens with zero attached hydrogens (tertiary/aromatic N) is 2. The molecule has 0 spiro atoms. The summed E-state index contributed by atoms with van der Waals surface area (Å²) >= 11 is 0. The number of pyridine rings is 1. The van der Waals surface area contributed by atoms with Gasteiger partial charge in [0.15, 0.2) is 0 Å². The van der Waals surface area contributed by atoms with Gasteiger partial charge in [-0.05, 0) is 6.07 Å². The average Bonchev–Trinajstić information content (AvgIpc) is 2.55. The second-order valence-corrected chi connectivity index (χ2v) is 2.97. The lowest BCUT2D eigenvalue weighted by Crippen LogP contribution is -1.82. The number of aliphatic imine (C=N–C) groups is 1. The van der Waals surface area contributed by atoms with E-state index in [0.29, 0.717) is 0 Å². The third-order valence-electron chi connectivity index (χ3n) is 2.13. The smallest absolute Gasteiger partial charge is 0.0651 e. The number of fused-ring (bicyclic) bond motifs is 1. The van der Waals surface area contributed by atoms with Crippen LogP contribution in [-0.2, 0) is 0 Å². The van der Waals surface area contributed by atoms with Crippen LogP contribution in [0, 0.1) is 0 Å². The van der Waals surface area contributed by atoms with Crippen molar-refractivity contribution in [3.05, 3.63) is 36.3 Å². The lowest BCUT2D eigenvalue weighted by Gasteiger charge is -1.90. The summed E-state index contributed by atoms with van der Waals surface area (Å²) in [7, 11) is 1.75. The number of rotatable bonds is 2. The van der Waals surface area contributed by atoms with Gasteiger partial charge < -0.3 is 4.98 Å². The average molecular weight is 185 g/mol. The Labute approximate surface area is 82.2 Å². The maximum atomic E-state index is 4.05. The van der Waals surface area contributed by atoms with Crippen LogP contribution >= 0.6 is 0 Å². The first-order valence-corrected chi connectivity index (χ1v) is 4.37. The molecule has 0 unspecified atom stereocenters. The predicted octanol–water partition coefficient (Wildman–Crippen LogP) is 2.25. The molecule has 0 radical (unpaired) electrons. The Morgan fingerprint density at radius 1 is 1.57 bits per heavy atom. The van der Waals surface area contributed by atoms with Gasteiger partial charge in [-0.2, -0.15) is 0 Å². The molecule has 2 aromatic heterocycles. The summed E-state index contributed by atoms with van der Waals surface area (Å²) in [6.45, 7) is 3.79. The van der Waals surface area contributed by atoms with Crippen molar-refractivity contribution in [3.63, 3.8) is 0 Å². The number of nitrogens with one attached hydrogen (secondary N) is 1. The van der Waals surface area contributed by atoms with Crippen molar-refractivity contribution in [2.24, 2.45) is 4.99 Å². The van der Waals surface area contributed by atoms with E-state index in [1.807, 2.05) is 12.1 Å². The Bertz CT molecular complexity index is 494. The van der Waals surface area contributed by atoms with Crippen LogP contribution in [0.3, 0.4) is 0 Å². The summed E-state index contributed by atoms with van der Waals surface area (Å²) < 4.78 is 0. The van der Waals surface area contributed by atoms with E-state index in [4.69, 9.17) is 0 Å². The molecular weight excluding hydrogens is 174 g/mol. The van der Waals surface area contributed by atoms with Crippen LogP contribution in [0.25, 0.3) is 17.0 Å². The molecule has 2 aromatic rings. The second-order valence-electron chi connectivity index (χ2n) is 2.97. The molecule has 2 rings (SSSR count). The normalized spacial score (nSPS) is 11.2. The molecule has 70 valence electrons. The minimum atomic E-state index is 0.977. The second kappa shape index (κ2) is 3.46. The van der Waals surface area contributed by atoms with Crippen molar-refractivity contribution in [1.29, 1.82) is 0 Å². The van der Waals surface area contributed by atoms with Crippen molar-refractivity contribution in [2.45, 2.75) is 0 Å². The number of hydrogen-bond acceptors (Lipinski definition) is 2. The molecule has 0 aromatic carbocycles. The molecular formula is C11H11N3. The highest BCUT2D eigenvalue weighted by atomic mass is 14.8. The van der Waals surface area contributed by atoms with E-state index in [2.05, 4.69) is 21.5 Å². The zero-order valence-corrected chi connectivity index (χ0v) is 7.99. The van der Waals surface area contributed by atoms with Crippen LogP contribution in [0.2, 0.25) is 0 Å². The molecule has 0 aliphatic carbocycles. The summed E-state index contributed by atoms with van der Waals surface area (Å²) in [5.74, 6) is 0. The molecule has 0 aliphatic heterocycles. The highest BCUT2D eigenvalue weighted by Gasteiger charge is 2.05. The quantitative estimate of drug-likeness (QED) is 0.716. The van der Waals surface area contributed by atoms with Crippen LogP contribution in [-0.4, -0.2) is 23.2 Å². The van der Waals surface area contributed by atoms with Gasteiger partial charge in [0, 0.05) is 30.4 Å². The summed E-state index contributed by atoms with van der Waals surface area (Å²) in [5.41, 5.74) is 3.07. The molecule has 0 saturated heterocycles. The first-order chi connectivity index (χ1) is 6.86. The molecule has 3 nitrogen and oxygen atoms in total. The molecule has 3 heteroatoms. The van der Waals surface area contributed by atoms with Gasteiger partial charge in [-0.25, -0.2) is 0 Å². The van der Waals surface area contributed by atoms with Crippen LogP contribution in [0.4, 0.5) is 0 Å². The van der Waals surface area contributed by atoms with Gasteiger partial charge >= 0.3 is 0 Å². The first kappa shape index (κ1) is 8.69. The number of aromatic amines is 1. The van der Waals surface area contributed by atoms with Crippen molar-refractivity contribution in [2.75, 3.05) is 7.05 Å². The lowest BCUT2D eigenvalue weighted by atomic mass is 10.1. The number of hydrogen-bond donors (Lipinski definition) is 1. The minimum Gasteiger partial charge on any atom is -0.352 e. The van der Waals surface area contributed by atoms with E-state index in [1.165, 1.54) is 0 Å². The summed E-state index contributed by atoms with van der Waals surface area (Å²) in [5, 5.41) is 1.13. The molecule has 0 atom stereocenters. The van der Waals surface area contributed by atoms with Gasteiger partial charge in [0.1, 0.15) is 0 Å². The largest absolute Gasteiger partial charge is 0.352 e. The molecule has 1 N–H and O–H groups in total. The van der Waals surface area contributed by atoms with Gasteiger partial charge in [0.25, 0.3) is 0 Å². The van der Waals surface area contributed by atoms with Crippen molar-refractivity contribution < 1.29 is 0 Å². The Morgan fingerprint density at radius 2 is 2.43 bits per heavy atom. The highest BCUT2D eigenvalue weighted by molar-refractivity contribution is 5.98. The molecule has 0 fully saturated rings. The van der Waals surface area contributed by atoms with E-state index in [-0.39, 0.29) is 0 Å². The third kappa shape index (κ3) is 1.23. The van der Waals surface area contributed by atoms with Gasteiger partial charge in [-0.15, -0.1) is 0 Å². The van der Waals surface area contributed by atoms with E-state index in [9.17, 15) is 0 Å². The topological polar surface area (TPSA) is 41.0 Å². The monoisotopic (exact) mass is 185 g/mol. The fourth-order valence-corrected chi connectivity index (χ4v) is 1.54. The number of aromatic nitrogens is 2. The molecule has 14 heavy (non-hydrogen) atoms. The number of H-pyrrole nitrogens is 1. The van der Waals surface area contributed by atoms with Gasteiger partial charge in [0.2, 0.25) is 0 Å². The highest BCUT2D eigenvalue weighted by Crippen LogP contribution is 2.21. The zero-order chi connectivity index (χ0) is 9.97. The molecule has 0 amide bonds. The Kier molecular flexibility index (Phi) is 2.14. The Hall–Kier alpha value is -1.90. The molecule has 0 aliphatic rings. The van der Waals surface area contributed by atoms with E-state index < -0.39 is 0 Å². The summed E-state index contributed by atoms with van der Waals surface area (Å²) in [6, 6.07) is 1.97. The fraction of sp³-hybridized carbons (Fsp3) is 0.0909. The Balaban J connectivity index is 2.78. The van der Waals surface area contributed by atoms with E-state index in [1.54, 1.807) is 25.7 Å². The lowest BCUT2D eigenvalue weighted by molar-refractivity contribution is 1.33. The minimum absolute atomic E-state index is 0.977. The maximum absolute atomic E-state index is 4.05. The predicted molar refractivity (Wildman–Crippen MR) is 59.7 cm³/mol. The van der Waals surface area contributed by atoms with Crippen molar-refractivity contribution >= 4 is 23.2 Å². The van der Waals surface area contributed by atoms with Crippen molar-refractivity contribution in [3.8, 4) is 0 Å². The van der Waals surface area contributed by atoms with Crippen molar-refractivity contribution in [1.82, 2.24) is 9.97 Å². The van der Waals surface area contributed by atoms with E-state index in [0.717, 1.165) is 22.2 Å². The molecule has 0 saturated carbocycles. The van der Waals surface area contributed by atoms with Gasteiger partial charge in [-0.1, -0.05) is 12.7 Å². The van der Waals surface area contributed by atoms with Crippen LogP contribution in [0.1, 0.15) is 11.3 Å².